The molecule has 0 saturated heterocycles. The Morgan fingerprint density at radius 3 is 2.70 bits per heavy atom. The van der Waals surface area contributed by atoms with Crippen LogP contribution >= 0.6 is 0 Å². The van der Waals surface area contributed by atoms with Gasteiger partial charge in [-0.1, -0.05) is 5.16 Å². The van der Waals surface area contributed by atoms with Gasteiger partial charge in [0.15, 0.2) is 5.75 Å². The Labute approximate surface area is 126 Å². The highest BCUT2D eigenvalue weighted by molar-refractivity contribution is 5.68. The van der Waals surface area contributed by atoms with E-state index in [0.29, 0.717) is 5.56 Å². The van der Waals surface area contributed by atoms with Crippen molar-refractivity contribution in [1.29, 1.82) is 0 Å². The number of rotatable bonds is 3. The zero-order valence-electron chi connectivity index (χ0n) is 11.2. The van der Waals surface area contributed by atoms with Crippen molar-refractivity contribution in [2.45, 2.75) is 0 Å². The molecule has 0 bridgehead atoms. The number of aromatic hydroxyl groups is 2. The van der Waals surface area contributed by atoms with E-state index in [1.54, 1.807) is 0 Å². The van der Waals surface area contributed by atoms with E-state index in [0.717, 1.165) is 18.2 Å². The standard InChI is InChI=1S/C13H7FN4O5/c14-10-5-6(1-2-15-10)12-16-13(23-17-12)7-3-8(18(21)22)11(20)9(19)4-7/h1-5,19-20H. The molecule has 0 aliphatic carbocycles. The van der Waals surface area contributed by atoms with E-state index >= 15 is 0 Å². The third-order valence-corrected chi connectivity index (χ3v) is 2.92. The second-order valence-electron chi connectivity index (χ2n) is 4.41. The van der Waals surface area contributed by atoms with Gasteiger partial charge in [-0.25, -0.2) is 4.98 Å². The van der Waals surface area contributed by atoms with Gasteiger partial charge in [-0.2, -0.15) is 9.37 Å². The number of benzene rings is 1. The Kier molecular flexibility index (Phi) is 3.33. The number of aromatic nitrogens is 3. The molecule has 0 aliphatic rings. The van der Waals surface area contributed by atoms with Gasteiger partial charge in [0.25, 0.3) is 5.89 Å². The third kappa shape index (κ3) is 2.64. The van der Waals surface area contributed by atoms with Crippen molar-refractivity contribution in [3.8, 4) is 34.3 Å². The summed E-state index contributed by atoms with van der Waals surface area (Å²) in [6.45, 7) is 0. The van der Waals surface area contributed by atoms with E-state index in [1.165, 1.54) is 12.3 Å². The van der Waals surface area contributed by atoms with Crippen molar-refractivity contribution in [2.24, 2.45) is 0 Å². The van der Waals surface area contributed by atoms with Crippen molar-refractivity contribution in [3.05, 3.63) is 46.5 Å². The van der Waals surface area contributed by atoms with Crippen LogP contribution in [0.25, 0.3) is 22.8 Å². The molecule has 10 heteroatoms. The minimum absolute atomic E-state index is 0.0280. The van der Waals surface area contributed by atoms with E-state index < -0.39 is 28.1 Å². The maximum absolute atomic E-state index is 13.1. The van der Waals surface area contributed by atoms with Crippen LogP contribution in [0.5, 0.6) is 11.5 Å². The molecule has 3 rings (SSSR count). The van der Waals surface area contributed by atoms with Crippen molar-refractivity contribution in [3.63, 3.8) is 0 Å². The molecule has 2 aromatic heterocycles. The SMILES string of the molecule is O=[N+]([O-])c1cc(-c2nc(-c3ccnc(F)c3)no2)cc(O)c1O. The molecule has 3 aromatic rings. The van der Waals surface area contributed by atoms with E-state index in [1.807, 2.05) is 0 Å². The first-order chi connectivity index (χ1) is 11.0. The Morgan fingerprint density at radius 2 is 2.00 bits per heavy atom. The third-order valence-electron chi connectivity index (χ3n) is 2.92. The lowest BCUT2D eigenvalue weighted by molar-refractivity contribution is -0.385. The van der Waals surface area contributed by atoms with E-state index in [-0.39, 0.29) is 17.3 Å². The van der Waals surface area contributed by atoms with Gasteiger partial charge >= 0.3 is 5.69 Å². The summed E-state index contributed by atoms with van der Waals surface area (Å²) in [5.74, 6) is -2.41. The Balaban J connectivity index is 2.06. The second kappa shape index (κ2) is 5.33. The van der Waals surface area contributed by atoms with E-state index in [2.05, 4.69) is 15.1 Å². The zero-order chi connectivity index (χ0) is 16.6. The highest BCUT2D eigenvalue weighted by Gasteiger charge is 2.22. The summed E-state index contributed by atoms with van der Waals surface area (Å²) in [5.41, 5.74) is -0.389. The zero-order valence-corrected chi connectivity index (χ0v) is 11.2. The Hall–Kier alpha value is -3.56. The monoisotopic (exact) mass is 318 g/mol. The first-order valence-electron chi connectivity index (χ1n) is 6.12. The lowest BCUT2D eigenvalue weighted by Gasteiger charge is -2.01. The average Bonchev–Trinajstić information content (AvgIpc) is 2.99. The van der Waals surface area contributed by atoms with Crippen molar-refractivity contribution in [2.75, 3.05) is 0 Å². The summed E-state index contributed by atoms with van der Waals surface area (Å²) in [6, 6.07) is 4.55. The highest BCUT2D eigenvalue weighted by Crippen LogP contribution is 2.39. The molecule has 9 nitrogen and oxygen atoms in total. The van der Waals surface area contributed by atoms with Crippen LogP contribution in [0.4, 0.5) is 10.1 Å². The molecule has 0 atom stereocenters. The van der Waals surface area contributed by atoms with Crippen LogP contribution in [0.3, 0.4) is 0 Å². The number of hydrogen-bond donors (Lipinski definition) is 2. The normalized spacial score (nSPS) is 10.7. The number of hydrogen-bond acceptors (Lipinski definition) is 8. The van der Waals surface area contributed by atoms with Gasteiger partial charge in [0.2, 0.25) is 17.5 Å². The van der Waals surface area contributed by atoms with Crippen LogP contribution < -0.4 is 0 Å². The average molecular weight is 318 g/mol. The smallest absolute Gasteiger partial charge is 0.315 e. The molecule has 0 spiro atoms. The Bertz CT molecular complexity index is 911. The van der Waals surface area contributed by atoms with Gasteiger partial charge < -0.3 is 14.7 Å². The predicted molar refractivity (Wildman–Crippen MR) is 72.9 cm³/mol. The van der Waals surface area contributed by atoms with Gasteiger partial charge in [-0.05, 0) is 12.1 Å². The number of phenolic OH excluding ortho intramolecular Hbond substituents is 2. The highest BCUT2D eigenvalue weighted by atomic mass is 19.1. The molecular formula is C13H7FN4O5. The quantitative estimate of drug-likeness (QED) is 0.325. The molecule has 116 valence electrons. The summed E-state index contributed by atoms with van der Waals surface area (Å²) in [6.07, 6.45) is 1.22. The minimum atomic E-state index is -0.867. The fourth-order valence-corrected chi connectivity index (χ4v) is 1.87. The summed E-state index contributed by atoms with van der Waals surface area (Å²) in [7, 11) is 0. The number of pyridine rings is 1. The van der Waals surface area contributed by atoms with Gasteiger partial charge in [-0.15, -0.1) is 0 Å². The number of nitrogens with zero attached hydrogens (tertiary/aromatic N) is 4. The Morgan fingerprint density at radius 1 is 1.22 bits per heavy atom. The summed E-state index contributed by atoms with van der Waals surface area (Å²) in [5, 5.41) is 33.5. The van der Waals surface area contributed by atoms with Gasteiger partial charge in [0.1, 0.15) is 0 Å². The fourth-order valence-electron chi connectivity index (χ4n) is 1.87. The molecule has 23 heavy (non-hydrogen) atoms. The second-order valence-corrected chi connectivity index (χ2v) is 4.41. The van der Waals surface area contributed by atoms with Gasteiger partial charge in [0, 0.05) is 23.9 Å². The fraction of sp³-hybridized carbons (Fsp3) is 0. The van der Waals surface area contributed by atoms with Crippen LogP contribution in [0.1, 0.15) is 0 Å². The van der Waals surface area contributed by atoms with Crippen molar-refractivity contribution >= 4 is 5.69 Å². The lowest BCUT2D eigenvalue weighted by atomic mass is 10.1. The molecule has 2 heterocycles. The minimum Gasteiger partial charge on any atom is -0.504 e. The number of nitro benzene ring substituents is 1. The predicted octanol–water partition coefficient (Wildman–Crippen LogP) is 2.26. The van der Waals surface area contributed by atoms with Gasteiger partial charge in [0.05, 0.1) is 10.5 Å². The molecule has 0 saturated carbocycles. The maximum Gasteiger partial charge on any atom is 0.315 e. The van der Waals surface area contributed by atoms with E-state index in [9.17, 15) is 24.7 Å². The molecule has 0 amide bonds. The molecule has 0 fully saturated rings. The number of phenols is 2. The molecule has 2 N–H and O–H groups in total. The number of nitro groups is 1. The molecule has 0 unspecified atom stereocenters. The van der Waals surface area contributed by atoms with Crippen LogP contribution in [0.2, 0.25) is 0 Å². The van der Waals surface area contributed by atoms with Crippen molar-refractivity contribution < 1.29 is 24.0 Å². The molecule has 0 radical (unpaired) electrons. The maximum atomic E-state index is 13.1. The van der Waals surface area contributed by atoms with Gasteiger partial charge in [-0.3, -0.25) is 10.1 Å². The largest absolute Gasteiger partial charge is 0.504 e. The summed E-state index contributed by atoms with van der Waals surface area (Å²) < 4.78 is 18.0. The van der Waals surface area contributed by atoms with Crippen molar-refractivity contribution in [1.82, 2.24) is 15.1 Å². The first kappa shape index (κ1) is 14.4. The molecular weight excluding hydrogens is 311 g/mol. The van der Waals surface area contributed by atoms with Crippen LogP contribution in [-0.4, -0.2) is 30.3 Å². The summed E-state index contributed by atoms with van der Waals surface area (Å²) in [4.78, 5) is 17.3. The molecule has 1 aromatic carbocycles. The summed E-state index contributed by atoms with van der Waals surface area (Å²) >= 11 is 0. The van der Waals surface area contributed by atoms with Crippen LogP contribution in [0.15, 0.2) is 35.0 Å². The number of halogens is 1. The van der Waals surface area contributed by atoms with Crippen LogP contribution in [-0.2, 0) is 0 Å². The van der Waals surface area contributed by atoms with Crippen LogP contribution in [0, 0.1) is 16.1 Å². The first-order valence-corrected chi connectivity index (χ1v) is 6.12. The lowest BCUT2D eigenvalue weighted by Crippen LogP contribution is -1.90. The molecule has 0 aliphatic heterocycles. The topological polar surface area (TPSA) is 135 Å². The van der Waals surface area contributed by atoms with E-state index in [4.69, 9.17) is 4.52 Å².